The Morgan fingerprint density at radius 2 is 0.147 bits per heavy atom. The Labute approximate surface area is 251 Å². The van der Waals surface area contributed by atoms with Gasteiger partial charge < -0.3 is 169 Å². The fourth-order valence-corrected chi connectivity index (χ4v) is 0. The van der Waals surface area contributed by atoms with Gasteiger partial charge in [-0.3, -0.25) is 0 Å². The molecule has 0 amide bonds. The minimum atomic E-state index is -5.61. The van der Waals surface area contributed by atoms with Crippen molar-refractivity contribution in [2.75, 3.05) is 0 Å². The van der Waals surface area contributed by atoms with Gasteiger partial charge in [-0.2, -0.15) is 0 Å². The van der Waals surface area contributed by atoms with Gasteiger partial charge in [-0.05, 0) is 0 Å². The zero-order valence-electron chi connectivity index (χ0n) is 14.4. The second-order valence-corrected chi connectivity index (χ2v) is 9.00. The van der Waals surface area contributed by atoms with Crippen LogP contribution in [0.25, 0.3) is 0 Å². The summed E-state index contributed by atoms with van der Waals surface area (Å²) in [6.07, 6.45) is 0. The van der Waals surface area contributed by atoms with Crippen LogP contribution in [0.3, 0.4) is 0 Å². The number of hydrogen-bond acceptors (Lipinski definition) is 24. The zero-order chi connectivity index (χ0) is 27.0. The molecule has 0 fully saturated rings. The Balaban J connectivity index is -0.0000000248. The summed E-state index contributed by atoms with van der Waals surface area (Å²) in [6.45, 7) is 0. The third kappa shape index (κ3) is 4260. The summed E-state index contributed by atoms with van der Waals surface area (Å²) in [5.74, 6) is 0. The van der Waals surface area contributed by atoms with E-state index in [9.17, 15) is 0 Å². The second kappa shape index (κ2) is 29.1. The maximum absolute atomic E-state index is 8.58. The monoisotopic (exact) mass is 1290 g/mol. The van der Waals surface area contributed by atoms with Crippen LogP contribution in [-0.2, 0) is 84.3 Å². The average Bonchev–Trinajstić information content (AvgIpc) is 1.94. The molecular weight excluding hydrogens is 1290 g/mol. The van der Waals surface area contributed by atoms with Gasteiger partial charge in [0.15, 0.2) is 0 Å². The maximum atomic E-state index is 8.58. The largest absolute Gasteiger partial charge is 0.894 e. The van der Waals surface area contributed by atoms with Gasteiger partial charge in [0, 0.05) is 84.3 Å². The SMILES string of the molecule is [O-][Si]([O-])([O-])[O-].[O-][Si]([O-])([O-])[O-].[O-][Si]([O-])([O-])[O-].[O-][Si]([O-])([O-])[O-].[O-][Si]([O-])([O-])[O-].[O-][Si]([O-])([O-])[O-].[W].[W].[W].[W]. The molecule has 0 aliphatic rings. The molecule has 0 heterocycles. The van der Waals surface area contributed by atoms with Crippen LogP contribution in [-0.4, -0.2) is 54.3 Å². The maximum Gasteiger partial charge on any atom is 0 e. The molecule has 216 valence electrons. The summed E-state index contributed by atoms with van der Waals surface area (Å²) in [5.41, 5.74) is 0. The molecule has 0 N–H and O–H groups in total. The molecule has 0 aliphatic carbocycles. The van der Waals surface area contributed by atoms with Crippen molar-refractivity contribution < 1.29 is 199 Å². The summed E-state index contributed by atoms with van der Waals surface area (Å²) in [4.78, 5) is 206. The molecule has 0 aromatic rings. The van der Waals surface area contributed by atoms with Crippen molar-refractivity contribution in [1.29, 1.82) is 0 Å². The van der Waals surface area contributed by atoms with E-state index in [1.54, 1.807) is 0 Å². The van der Waals surface area contributed by atoms with Gasteiger partial charge in [0.1, 0.15) is 0 Å². The van der Waals surface area contributed by atoms with Crippen molar-refractivity contribution in [1.82, 2.24) is 0 Å². The van der Waals surface area contributed by atoms with Gasteiger partial charge in [0.25, 0.3) is 0 Å². The van der Waals surface area contributed by atoms with E-state index in [0.717, 1.165) is 0 Å². The van der Waals surface area contributed by atoms with Crippen molar-refractivity contribution in [2.45, 2.75) is 0 Å². The summed E-state index contributed by atoms with van der Waals surface area (Å²) < 4.78 is 0. The number of rotatable bonds is 0. The van der Waals surface area contributed by atoms with Crippen LogP contribution in [0.4, 0.5) is 0 Å². The molecule has 24 nitrogen and oxygen atoms in total. The molecule has 0 atom stereocenters. The van der Waals surface area contributed by atoms with E-state index in [0.29, 0.717) is 0 Å². The molecule has 0 unspecified atom stereocenters. The molecule has 0 radical (unpaired) electrons. The van der Waals surface area contributed by atoms with Crippen LogP contribution in [0.15, 0.2) is 0 Å². The fraction of sp³-hybridized carbons (Fsp3) is 0. The van der Waals surface area contributed by atoms with Crippen LogP contribution in [0.5, 0.6) is 0 Å². The van der Waals surface area contributed by atoms with Crippen LogP contribution >= 0.6 is 0 Å². The zero-order valence-corrected chi connectivity index (χ0v) is 32.2. The van der Waals surface area contributed by atoms with E-state index >= 15 is 0 Å². The standard InChI is InChI=1S/6O4Si.4W/c6*1-5(2,3)4;;;;/q6*-4;;;;. The second-order valence-electron chi connectivity index (χ2n) is 3.00. The average molecular weight is 1290 g/mol. The predicted molar refractivity (Wildman–Crippen MR) is 34.5 cm³/mol. The molecule has 0 bridgehead atoms. The first-order valence-corrected chi connectivity index (χ1v) is 14.7. The summed E-state index contributed by atoms with van der Waals surface area (Å²) >= 11 is 0. The first kappa shape index (κ1) is 65.8. The number of hydrogen-bond donors (Lipinski definition) is 0. The quantitative estimate of drug-likeness (QED) is 0.203. The smallest absolute Gasteiger partial charge is 0 e. The Morgan fingerprint density at radius 1 is 0.147 bits per heavy atom. The van der Waals surface area contributed by atoms with Gasteiger partial charge in [-0.1, -0.05) is 0 Å². The molecule has 0 aromatic heterocycles. The van der Waals surface area contributed by atoms with Gasteiger partial charge >= 0.3 is 0 Å². The van der Waals surface area contributed by atoms with E-state index in [1.165, 1.54) is 0 Å². The molecule has 0 aliphatic heterocycles. The minimum Gasteiger partial charge on any atom is -0.894 e. The third-order valence-corrected chi connectivity index (χ3v) is 0. The normalized spacial score (nSPS) is 10.6. The van der Waals surface area contributed by atoms with Crippen LogP contribution in [0.2, 0.25) is 0 Å². The molecule has 0 spiro atoms. The molecule has 0 saturated carbocycles. The molecule has 34 heavy (non-hydrogen) atoms. The summed E-state index contributed by atoms with van der Waals surface area (Å²) in [5, 5.41) is 0. The Kier molecular flexibility index (Phi) is 56.3. The molecule has 0 saturated heterocycles. The van der Waals surface area contributed by atoms with Crippen LogP contribution in [0.1, 0.15) is 0 Å². The predicted octanol–water partition coefficient (Wildman–Crippen LogP) is -30.8. The Morgan fingerprint density at radius 3 is 0.147 bits per heavy atom. The van der Waals surface area contributed by atoms with Gasteiger partial charge in [-0.25, -0.2) is 0 Å². The van der Waals surface area contributed by atoms with Crippen molar-refractivity contribution in [3.63, 3.8) is 0 Å². The molecular formula is O24Si6W4-24. The summed E-state index contributed by atoms with van der Waals surface area (Å²) in [6, 6.07) is 0. The minimum absolute atomic E-state index is 0. The van der Waals surface area contributed by atoms with Crippen molar-refractivity contribution in [3.8, 4) is 0 Å². The third-order valence-electron chi connectivity index (χ3n) is 0. The topological polar surface area (TPSA) is 553 Å². The van der Waals surface area contributed by atoms with Gasteiger partial charge in [0.2, 0.25) is 0 Å². The van der Waals surface area contributed by atoms with E-state index in [4.69, 9.17) is 115 Å². The molecule has 34 heteroatoms. The van der Waals surface area contributed by atoms with Gasteiger partial charge in [-0.15, -0.1) is 0 Å². The van der Waals surface area contributed by atoms with Crippen LogP contribution in [0, 0.1) is 0 Å². The first-order chi connectivity index (χ1) is 12.0. The first-order valence-electron chi connectivity index (χ1n) is 4.90. The van der Waals surface area contributed by atoms with Crippen LogP contribution < -0.4 is 115 Å². The van der Waals surface area contributed by atoms with Crippen molar-refractivity contribution in [2.24, 2.45) is 0 Å². The van der Waals surface area contributed by atoms with Crippen molar-refractivity contribution >= 4 is 54.3 Å². The molecule has 0 rings (SSSR count). The van der Waals surface area contributed by atoms with Crippen molar-refractivity contribution in [3.05, 3.63) is 0 Å². The fourth-order valence-electron chi connectivity index (χ4n) is 0. The van der Waals surface area contributed by atoms with E-state index in [-0.39, 0.29) is 84.3 Å². The van der Waals surface area contributed by atoms with E-state index < -0.39 is 54.3 Å². The van der Waals surface area contributed by atoms with E-state index in [2.05, 4.69) is 0 Å². The molecule has 0 aromatic carbocycles. The Bertz CT molecular complexity index is 226. The van der Waals surface area contributed by atoms with E-state index in [1.807, 2.05) is 0 Å². The summed E-state index contributed by atoms with van der Waals surface area (Å²) in [7, 11) is -33.7. The van der Waals surface area contributed by atoms with Gasteiger partial charge in [0.05, 0.1) is 0 Å². The Hall–Kier alpha value is 3.09.